The van der Waals surface area contributed by atoms with Crippen LogP contribution in [0.25, 0.3) is 0 Å². The van der Waals surface area contributed by atoms with Gasteiger partial charge in [0.2, 0.25) is 0 Å². The average Bonchev–Trinajstić information content (AvgIpc) is 2.15. The van der Waals surface area contributed by atoms with E-state index in [4.69, 9.17) is 0 Å². The minimum absolute atomic E-state index is 0.0523. The molecule has 1 rings (SSSR count). The fourth-order valence-electron chi connectivity index (χ4n) is 1.41. The SMILES string of the molecule is CC(C)(C)C(O)Cc1cc(Br)ccc1[N+](=O)[O-]. The second-order valence-electron chi connectivity index (χ2n) is 5.12. The highest BCUT2D eigenvalue weighted by molar-refractivity contribution is 9.10. The summed E-state index contributed by atoms with van der Waals surface area (Å²) in [5.41, 5.74) is 0.305. The zero-order valence-corrected chi connectivity index (χ0v) is 11.7. The van der Waals surface area contributed by atoms with Gasteiger partial charge >= 0.3 is 0 Å². The third-order valence-corrected chi connectivity index (χ3v) is 3.14. The molecule has 0 saturated heterocycles. The molecule has 5 heteroatoms. The average molecular weight is 302 g/mol. The number of aliphatic hydroxyl groups is 1. The summed E-state index contributed by atoms with van der Waals surface area (Å²) >= 11 is 3.28. The van der Waals surface area contributed by atoms with E-state index in [1.54, 1.807) is 12.1 Å². The van der Waals surface area contributed by atoms with Crippen molar-refractivity contribution in [1.82, 2.24) is 0 Å². The molecule has 0 fully saturated rings. The van der Waals surface area contributed by atoms with Crippen molar-refractivity contribution in [3.05, 3.63) is 38.3 Å². The molecule has 1 aromatic carbocycles. The maximum absolute atomic E-state index is 10.9. The first-order valence-electron chi connectivity index (χ1n) is 5.32. The lowest BCUT2D eigenvalue weighted by Gasteiger charge is -2.25. The number of aliphatic hydroxyl groups excluding tert-OH is 1. The van der Waals surface area contributed by atoms with Crippen LogP contribution in [0.1, 0.15) is 26.3 Å². The van der Waals surface area contributed by atoms with Crippen LogP contribution < -0.4 is 0 Å². The van der Waals surface area contributed by atoms with Gasteiger partial charge in [0.1, 0.15) is 0 Å². The van der Waals surface area contributed by atoms with Crippen molar-refractivity contribution in [1.29, 1.82) is 0 Å². The molecule has 0 aromatic heterocycles. The summed E-state index contributed by atoms with van der Waals surface area (Å²) in [6.45, 7) is 5.71. The summed E-state index contributed by atoms with van der Waals surface area (Å²) in [5, 5.41) is 20.9. The first-order chi connectivity index (χ1) is 7.71. The molecule has 0 saturated carbocycles. The van der Waals surface area contributed by atoms with Gasteiger partial charge in [0, 0.05) is 22.5 Å². The number of halogens is 1. The predicted molar refractivity (Wildman–Crippen MR) is 70.0 cm³/mol. The Hall–Kier alpha value is -0.940. The predicted octanol–water partition coefficient (Wildman–Crippen LogP) is 3.31. The van der Waals surface area contributed by atoms with Gasteiger partial charge in [0.25, 0.3) is 5.69 Å². The number of hydrogen-bond donors (Lipinski definition) is 1. The summed E-state index contributed by atoms with van der Waals surface area (Å²) in [4.78, 5) is 10.5. The molecule has 0 aliphatic rings. The van der Waals surface area contributed by atoms with Crippen LogP contribution in [0.4, 0.5) is 5.69 Å². The van der Waals surface area contributed by atoms with E-state index in [2.05, 4.69) is 15.9 Å². The normalized spacial score (nSPS) is 13.5. The van der Waals surface area contributed by atoms with E-state index in [0.29, 0.717) is 5.56 Å². The van der Waals surface area contributed by atoms with Crippen molar-refractivity contribution in [2.45, 2.75) is 33.3 Å². The molecule has 0 radical (unpaired) electrons. The van der Waals surface area contributed by atoms with Crippen LogP contribution in [0.5, 0.6) is 0 Å². The van der Waals surface area contributed by atoms with Gasteiger partial charge < -0.3 is 5.11 Å². The molecule has 0 heterocycles. The molecule has 0 spiro atoms. The van der Waals surface area contributed by atoms with E-state index < -0.39 is 11.0 Å². The van der Waals surface area contributed by atoms with Gasteiger partial charge in [-0.3, -0.25) is 10.1 Å². The van der Waals surface area contributed by atoms with Crippen molar-refractivity contribution in [2.24, 2.45) is 5.41 Å². The minimum Gasteiger partial charge on any atom is -0.392 e. The van der Waals surface area contributed by atoms with Gasteiger partial charge in [-0.05, 0) is 17.5 Å². The highest BCUT2D eigenvalue weighted by atomic mass is 79.9. The van der Waals surface area contributed by atoms with Crippen molar-refractivity contribution in [3.8, 4) is 0 Å². The summed E-state index contributed by atoms with van der Waals surface area (Å²) in [7, 11) is 0. The largest absolute Gasteiger partial charge is 0.392 e. The summed E-state index contributed by atoms with van der Waals surface area (Å²) < 4.78 is 0.777. The van der Waals surface area contributed by atoms with E-state index in [1.165, 1.54) is 6.07 Å². The number of benzene rings is 1. The molecule has 17 heavy (non-hydrogen) atoms. The van der Waals surface area contributed by atoms with Crippen LogP contribution in [0, 0.1) is 15.5 Å². The third-order valence-electron chi connectivity index (χ3n) is 2.65. The van der Waals surface area contributed by atoms with Gasteiger partial charge in [0.15, 0.2) is 0 Å². The van der Waals surface area contributed by atoms with Gasteiger partial charge in [-0.15, -0.1) is 0 Å². The molecule has 1 N–H and O–H groups in total. The van der Waals surface area contributed by atoms with Gasteiger partial charge in [-0.2, -0.15) is 0 Å². The van der Waals surface area contributed by atoms with Crippen LogP contribution >= 0.6 is 15.9 Å². The Bertz CT molecular complexity index is 426. The first-order valence-corrected chi connectivity index (χ1v) is 6.12. The molecule has 1 atom stereocenters. The third kappa shape index (κ3) is 3.78. The number of nitro groups is 1. The van der Waals surface area contributed by atoms with Crippen molar-refractivity contribution in [2.75, 3.05) is 0 Å². The van der Waals surface area contributed by atoms with Crippen molar-refractivity contribution < 1.29 is 10.0 Å². The van der Waals surface area contributed by atoms with E-state index in [1.807, 2.05) is 20.8 Å². The molecular formula is C12H16BrNO3. The molecule has 1 aromatic rings. The van der Waals surface area contributed by atoms with E-state index in [0.717, 1.165) is 4.47 Å². The number of nitro benzene ring substituents is 1. The van der Waals surface area contributed by atoms with Crippen LogP contribution in [0.2, 0.25) is 0 Å². The van der Waals surface area contributed by atoms with Gasteiger partial charge in [0.05, 0.1) is 11.0 Å². The zero-order valence-electron chi connectivity index (χ0n) is 10.1. The lowest BCUT2D eigenvalue weighted by Crippen LogP contribution is -2.28. The fourth-order valence-corrected chi connectivity index (χ4v) is 1.82. The maximum Gasteiger partial charge on any atom is 0.272 e. The molecule has 0 aliphatic heterocycles. The minimum atomic E-state index is -0.615. The standard InChI is InChI=1S/C12H16BrNO3/c1-12(2,3)11(15)7-8-6-9(13)4-5-10(8)14(16)17/h4-6,11,15H,7H2,1-3H3. The molecule has 0 amide bonds. The van der Waals surface area contributed by atoms with Crippen LogP contribution in [0.15, 0.2) is 22.7 Å². The quantitative estimate of drug-likeness (QED) is 0.688. The molecular weight excluding hydrogens is 286 g/mol. The van der Waals surface area contributed by atoms with Crippen molar-refractivity contribution in [3.63, 3.8) is 0 Å². The van der Waals surface area contributed by atoms with E-state index in [-0.39, 0.29) is 17.5 Å². The highest BCUT2D eigenvalue weighted by Gasteiger charge is 2.25. The van der Waals surface area contributed by atoms with Crippen LogP contribution in [-0.4, -0.2) is 16.1 Å². The molecule has 94 valence electrons. The smallest absolute Gasteiger partial charge is 0.272 e. The second-order valence-corrected chi connectivity index (χ2v) is 6.03. The second kappa shape index (κ2) is 5.14. The number of rotatable bonds is 3. The van der Waals surface area contributed by atoms with Crippen molar-refractivity contribution >= 4 is 21.6 Å². The van der Waals surface area contributed by atoms with E-state index >= 15 is 0 Å². The van der Waals surface area contributed by atoms with Crippen LogP contribution in [0.3, 0.4) is 0 Å². The van der Waals surface area contributed by atoms with Gasteiger partial charge in [-0.1, -0.05) is 36.7 Å². The monoisotopic (exact) mass is 301 g/mol. The molecule has 4 nitrogen and oxygen atoms in total. The molecule has 1 unspecified atom stereocenters. The van der Waals surface area contributed by atoms with Crippen LogP contribution in [-0.2, 0) is 6.42 Å². The number of nitrogens with zero attached hydrogens (tertiary/aromatic N) is 1. The molecule has 0 bridgehead atoms. The fraction of sp³-hybridized carbons (Fsp3) is 0.500. The van der Waals surface area contributed by atoms with E-state index in [9.17, 15) is 15.2 Å². The maximum atomic E-state index is 10.9. The Morgan fingerprint density at radius 1 is 1.47 bits per heavy atom. The topological polar surface area (TPSA) is 63.4 Å². The number of hydrogen-bond acceptors (Lipinski definition) is 3. The Kier molecular flexibility index (Phi) is 4.27. The summed E-state index contributed by atoms with van der Waals surface area (Å²) in [6.07, 6.45) is -0.338. The molecule has 0 aliphatic carbocycles. The Morgan fingerprint density at radius 3 is 2.53 bits per heavy atom. The summed E-state index contributed by atoms with van der Waals surface area (Å²) in [5.74, 6) is 0. The summed E-state index contributed by atoms with van der Waals surface area (Å²) in [6, 6.07) is 4.77. The Balaban J connectivity index is 3.04. The Morgan fingerprint density at radius 2 is 2.06 bits per heavy atom. The van der Waals surface area contributed by atoms with Gasteiger partial charge in [-0.25, -0.2) is 0 Å². The Labute approximate surface area is 109 Å². The highest BCUT2D eigenvalue weighted by Crippen LogP contribution is 2.28. The lowest BCUT2D eigenvalue weighted by atomic mass is 9.85. The first kappa shape index (κ1) is 14.1. The lowest BCUT2D eigenvalue weighted by molar-refractivity contribution is -0.385. The zero-order chi connectivity index (χ0) is 13.2.